The number of aromatic nitrogens is 2. The zero-order valence-corrected chi connectivity index (χ0v) is 10.8. The minimum absolute atomic E-state index is 0.577. The number of aryl methyl sites for hydroxylation is 1. The van der Waals surface area contributed by atoms with Crippen LogP contribution in [0.5, 0.6) is 0 Å². The van der Waals surface area contributed by atoms with Crippen molar-refractivity contribution in [1.29, 1.82) is 0 Å². The molecule has 0 aromatic carbocycles. The molecule has 0 saturated carbocycles. The van der Waals surface area contributed by atoms with Crippen molar-refractivity contribution in [3.8, 4) is 0 Å². The van der Waals surface area contributed by atoms with E-state index in [1.54, 1.807) is 0 Å². The third-order valence-electron chi connectivity index (χ3n) is 3.10. The first-order valence-electron chi connectivity index (χ1n) is 6.24. The summed E-state index contributed by atoms with van der Waals surface area (Å²) in [5.41, 5.74) is 0. The molecule has 1 aliphatic heterocycles. The van der Waals surface area contributed by atoms with E-state index >= 15 is 0 Å². The van der Waals surface area contributed by atoms with E-state index in [2.05, 4.69) is 32.4 Å². The maximum absolute atomic E-state index is 4.51. The van der Waals surface area contributed by atoms with Crippen LogP contribution in [0, 0.1) is 6.92 Å². The van der Waals surface area contributed by atoms with E-state index < -0.39 is 0 Å². The van der Waals surface area contributed by atoms with Crippen LogP contribution in [0.25, 0.3) is 0 Å². The average Bonchev–Trinajstić information content (AvgIpc) is 2.77. The lowest BCUT2D eigenvalue weighted by atomic mass is 10.3. The van der Waals surface area contributed by atoms with Crippen molar-refractivity contribution in [3.05, 3.63) is 11.9 Å². The highest BCUT2D eigenvalue weighted by Gasteiger charge is 2.22. The van der Waals surface area contributed by atoms with Crippen LogP contribution in [0.4, 0.5) is 11.6 Å². The summed E-state index contributed by atoms with van der Waals surface area (Å²) in [5, 5.41) is 6.56. The molecule has 1 fully saturated rings. The first kappa shape index (κ1) is 12.1. The number of likely N-dealkylation sites (N-methyl/N-ethyl adjacent to an activating group) is 1. The highest BCUT2D eigenvalue weighted by molar-refractivity contribution is 5.50. The summed E-state index contributed by atoms with van der Waals surface area (Å²) < 4.78 is 0. The Morgan fingerprint density at radius 2 is 2.29 bits per heavy atom. The summed E-state index contributed by atoms with van der Waals surface area (Å²) in [4.78, 5) is 11.2. The molecule has 1 aromatic heterocycles. The van der Waals surface area contributed by atoms with E-state index in [9.17, 15) is 0 Å². The maximum atomic E-state index is 4.51. The van der Waals surface area contributed by atoms with E-state index in [1.165, 1.54) is 6.42 Å². The minimum atomic E-state index is 0.577. The average molecular weight is 235 g/mol. The van der Waals surface area contributed by atoms with Gasteiger partial charge in [-0.25, -0.2) is 9.97 Å². The molecule has 0 bridgehead atoms. The van der Waals surface area contributed by atoms with Gasteiger partial charge in [0.1, 0.15) is 17.5 Å². The quantitative estimate of drug-likeness (QED) is 0.816. The fraction of sp³-hybridized carbons (Fsp3) is 0.667. The van der Waals surface area contributed by atoms with Gasteiger partial charge in [-0.2, -0.15) is 0 Å². The van der Waals surface area contributed by atoms with Gasteiger partial charge in [0.05, 0.1) is 0 Å². The van der Waals surface area contributed by atoms with Crippen molar-refractivity contribution in [1.82, 2.24) is 15.3 Å². The van der Waals surface area contributed by atoms with Gasteiger partial charge in [-0.15, -0.1) is 0 Å². The van der Waals surface area contributed by atoms with E-state index in [1.807, 2.05) is 20.0 Å². The van der Waals surface area contributed by atoms with Crippen LogP contribution in [-0.2, 0) is 0 Å². The summed E-state index contributed by atoms with van der Waals surface area (Å²) in [6.45, 7) is 6.99. The largest absolute Gasteiger partial charge is 0.370 e. The van der Waals surface area contributed by atoms with Gasteiger partial charge in [0.25, 0.3) is 0 Å². The third kappa shape index (κ3) is 2.85. The molecule has 2 N–H and O–H groups in total. The molecule has 1 atom stereocenters. The molecule has 0 spiro atoms. The van der Waals surface area contributed by atoms with Gasteiger partial charge in [-0.1, -0.05) is 0 Å². The minimum Gasteiger partial charge on any atom is -0.370 e. The van der Waals surface area contributed by atoms with Gasteiger partial charge in [0, 0.05) is 31.7 Å². The Morgan fingerprint density at radius 3 is 2.94 bits per heavy atom. The smallest absolute Gasteiger partial charge is 0.134 e. The fourth-order valence-corrected chi connectivity index (χ4v) is 2.19. The Hall–Kier alpha value is -1.36. The van der Waals surface area contributed by atoms with Crippen molar-refractivity contribution in [2.45, 2.75) is 26.3 Å². The Bertz CT molecular complexity index is 379. The van der Waals surface area contributed by atoms with Gasteiger partial charge >= 0.3 is 0 Å². The van der Waals surface area contributed by atoms with Crippen molar-refractivity contribution >= 4 is 11.6 Å². The third-order valence-corrected chi connectivity index (χ3v) is 3.10. The number of rotatable bonds is 4. The molecule has 0 amide bonds. The summed E-state index contributed by atoms with van der Waals surface area (Å²) >= 11 is 0. The van der Waals surface area contributed by atoms with Crippen molar-refractivity contribution in [2.75, 3.05) is 36.9 Å². The lowest BCUT2D eigenvalue weighted by Crippen LogP contribution is -2.30. The van der Waals surface area contributed by atoms with Crippen LogP contribution >= 0.6 is 0 Å². The summed E-state index contributed by atoms with van der Waals surface area (Å²) in [6, 6.07) is 2.61. The summed E-state index contributed by atoms with van der Waals surface area (Å²) in [5.74, 6) is 2.78. The van der Waals surface area contributed by atoms with Crippen LogP contribution in [-0.4, -0.2) is 42.7 Å². The SMILES string of the molecule is CCNc1cc(N2CCC(NC)C2)nc(C)n1. The normalized spacial score (nSPS) is 19.7. The number of hydrogen-bond acceptors (Lipinski definition) is 5. The van der Waals surface area contributed by atoms with E-state index in [-0.39, 0.29) is 0 Å². The van der Waals surface area contributed by atoms with E-state index in [0.717, 1.165) is 37.1 Å². The second-order valence-electron chi connectivity index (χ2n) is 4.41. The molecule has 17 heavy (non-hydrogen) atoms. The highest BCUT2D eigenvalue weighted by Crippen LogP contribution is 2.20. The van der Waals surface area contributed by atoms with Gasteiger partial charge in [0.15, 0.2) is 0 Å². The van der Waals surface area contributed by atoms with Crippen LogP contribution in [0.2, 0.25) is 0 Å². The first-order valence-corrected chi connectivity index (χ1v) is 6.24. The van der Waals surface area contributed by atoms with Crippen LogP contribution in [0.3, 0.4) is 0 Å². The summed E-state index contributed by atoms with van der Waals surface area (Å²) in [6.07, 6.45) is 1.18. The molecule has 2 heterocycles. The maximum Gasteiger partial charge on any atom is 0.134 e. The van der Waals surface area contributed by atoms with Crippen LogP contribution < -0.4 is 15.5 Å². The van der Waals surface area contributed by atoms with E-state index in [0.29, 0.717) is 6.04 Å². The molecule has 1 unspecified atom stereocenters. The summed E-state index contributed by atoms with van der Waals surface area (Å²) in [7, 11) is 2.02. The molecule has 5 nitrogen and oxygen atoms in total. The topological polar surface area (TPSA) is 53.1 Å². The molecule has 0 aliphatic carbocycles. The standard InChI is InChI=1S/C12H21N5/c1-4-14-11-7-12(16-9(2)15-11)17-6-5-10(8-17)13-3/h7,10,13H,4-6,8H2,1-3H3,(H,14,15,16). The van der Waals surface area contributed by atoms with E-state index in [4.69, 9.17) is 0 Å². The van der Waals surface area contributed by atoms with Crippen molar-refractivity contribution in [2.24, 2.45) is 0 Å². The fourth-order valence-electron chi connectivity index (χ4n) is 2.19. The number of nitrogens with zero attached hydrogens (tertiary/aromatic N) is 3. The van der Waals surface area contributed by atoms with Crippen molar-refractivity contribution < 1.29 is 0 Å². The molecule has 1 aliphatic rings. The Labute approximate surface area is 103 Å². The lowest BCUT2D eigenvalue weighted by molar-refractivity contribution is 0.616. The monoisotopic (exact) mass is 235 g/mol. The predicted molar refractivity (Wildman–Crippen MR) is 70.6 cm³/mol. The van der Waals surface area contributed by atoms with Crippen molar-refractivity contribution in [3.63, 3.8) is 0 Å². The van der Waals surface area contributed by atoms with Gasteiger partial charge in [-0.05, 0) is 27.3 Å². The zero-order chi connectivity index (χ0) is 12.3. The Kier molecular flexibility index (Phi) is 3.78. The predicted octanol–water partition coefficient (Wildman–Crippen LogP) is 1.01. The molecular weight excluding hydrogens is 214 g/mol. The second-order valence-corrected chi connectivity index (χ2v) is 4.41. The van der Waals surface area contributed by atoms with Crippen LogP contribution in [0.15, 0.2) is 6.07 Å². The van der Waals surface area contributed by atoms with Gasteiger partial charge in [0.2, 0.25) is 0 Å². The van der Waals surface area contributed by atoms with Gasteiger partial charge in [-0.3, -0.25) is 0 Å². The first-order chi connectivity index (χ1) is 8.22. The highest BCUT2D eigenvalue weighted by atomic mass is 15.2. The molecule has 94 valence electrons. The Balaban J connectivity index is 2.15. The molecule has 1 saturated heterocycles. The number of nitrogens with one attached hydrogen (secondary N) is 2. The van der Waals surface area contributed by atoms with Crippen LogP contribution in [0.1, 0.15) is 19.2 Å². The number of anilines is 2. The lowest BCUT2D eigenvalue weighted by Gasteiger charge is -2.18. The van der Waals surface area contributed by atoms with Gasteiger partial charge < -0.3 is 15.5 Å². The Morgan fingerprint density at radius 1 is 1.47 bits per heavy atom. The second kappa shape index (κ2) is 5.31. The molecular formula is C12H21N5. The molecule has 1 aromatic rings. The molecule has 5 heteroatoms. The zero-order valence-electron chi connectivity index (χ0n) is 10.8. The molecule has 0 radical (unpaired) electrons. The molecule has 2 rings (SSSR count). The number of hydrogen-bond donors (Lipinski definition) is 2.